The number of pyridine rings is 1. The summed E-state index contributed by atoms with van der Waals surface area (Å²) in [6.45, 7) is 2.71. The van der Waals surface area contributed by atoms with Crippen molar-refractivity contribution in [1.82, 2.24) is 20.2 Å². The molecular weight excluding hydrogens is 395 g/mol. The van der Waals surface area contributed by atoms with Crippen molar-refractivity contribution in [3.05, 3.63) is 77.5 Å². The summed E-state index contributed by atoms with van der Waals surface area (Å²) < 4.78 is 13.8. The number of carbonyl (C=O) groups is 1. The maximum absolute atomic E-state index is 13.8. The van der Waals surface area contributed by atoms with Crippen LogP contribution in [0.3, 0.4) is 0 Å². The predicted octanol–water partition coefficient (Wildman–Crippen LogP) is 3.02. The van der Waals surface area contributed by atoms with Gasteiger partial charge in [0.25, 0.3) is 5.91 Å². The van der Waals surface area contributed by atoms with Gasteiger partial charge in [0, 0.05) is 30.7 Å². The average molecular weight is 418 g/mol. The van der Waals surface area contributed by atoms with Crippen LogP contribution in [0.4, 0.5) is 4.39 Å². The highest BCUT2D eigenvalue weighted by molar-refractivity contribution is 5.98. The normalized spacial score (nSPS) is 24.3. The van der Waals surface area contributed by atoms with Crippen molar-refractivity contribution in [3.63, 3.8) is 0 Å². The fraction of sp³-hybridized carbons (Fsp3) is 0.304. The van der Waals surface area contributed by atoms with E-state index in [0.29, 0.717) is 5.56 Å². The quantitative estimate of drug-likeness (QED) is 0.832. The minimum absolute atomic E-state index is 0.0838. The molecule has 3 aliphatic rings. The molecule has 1 saturated heterocycles. The molecule has 0 spiro atoms. The number of carbonyl (C=O) groups excluding carboxylic acids is 1. The highest BCUT2D eigenvalue weighted by Crippen LogP contribution is 2.34. The zero-order chi connectivity index (χ0) is 21.4. The van der Waals surface area contributed by atoms with Crippen molar-refractivity contribution < 1.29 is 9.18 Å². The SMILES string of the molecule is Cc1cnccc1C(=O)NC1C=NN2C=CC(N3CCC[C@@H]3c3cccc(F)c3)=NC12. The Hall–Kier alpha value is -3.55. The molecule has 5 rings (SSSR count). The van der Waals surface area contributed by atoms with Crippen molar-refractivity contribution in [2.24, 2.45) is 10.1 Å². The van der Waals surface area contributed by atoms with Gasteiger partial charge in [-0.25, -0.2) is 14.4 Å². The molecule has 1 amide bonds. The highest BCUT2D eigenvalue weighted by Gasteiger charge is 2.36. The number of hydrazone groups is 1. The first-order valence-electron chi connectivity index (χ1n) is 10.4. The van der Waals surface area contributed by atoms with Gasteiger partial charge in [0.05, 0.1) is 12.3 Å². The summed E-state index contributed by atoms with van der Waals surface area (Å²) in [5.41, 5.74) is 2.36. The van der Waals surface area contributed by atoms with E-state index >= 15 is 0 Å². The van der Waals surface area contributed by atoms with Gasteiger partial charge in [-0.15, -0.1) is 0 Å². The molecular formula is C23H23FN6O. The molecule has 0 radical (unpaired) electrons. The predicted molar refractivity (Wildman–Crippen MR) is 116 cm³/mol. The molecule has 2 aromatic rings. The third-order valence-corrected chi connectivity index (χ3v) is 5.94. The monoisotopic (exact) mass is 418 g/mol. The van der Waals surface area contributed by atoms with Gasteiger partial charge in [0.1, 0.15) is 17.7 Å². The van der Waals surface area contributed by atoms with Gasteiger partial charge in [-0.1, -0.05) is 12.1 Å². The second-order valence-electron chi connectivity index (χ2n) is 7.96. The van der Waals surface area contributed by atoms with Crippen molar-refractivity contribution in [3.8, 4) is 0 Å². The number of fused-ring (bicyclic) bond motifs is 1. The number of aromatic nitrogens is 1. The Labute approximate surface area is 180 Å². The van der Waals surface area contributed by atoms with E-state index in [2.05, 4.69) is 20.3 Å². The lowest BCUT2D eigenvalue weighted by Crippen LogP contribution is -2.47. The van der Waals surface area contributed by atoms with Gasteiger partial charge < -0.3 is 10.2 Å². The second-order valence-corrected chi connectivity index (χ2v) is 7.96. The lowest BCUT2D eigenvalue weighted by Gasteiger charge is -2.32. The molecule has 8 heteroatoms. The second kappa shape index (κ2) is 7.94. The number of aliphatic imine (C=N–C) groups is 1. The largest absolute Gasteiger partial charge is 0.350 e. The van der Waals surface area contributed by atoms with E-state index in [4.69, 9.17) is 4.99 Å². The number of aryl methyl sites for hydroxylation is 1. The Morgan fingerprint density at radius 3 is 3.03 bits per heavy atom. The molecule has 0 bridgehead atoms. The molecule has 0 aliphatic carbocycles. The number of rotatable bonds is 3. The molecule has 3 aliphatic heterocycles. The number of amidine groups is 1. The molecule has 158 valence electrons. The van der Waals surface area contributed by atoms with Gasteiger partial charge in [0.15, 0.2) is 6.17 Å². The van der Waals surface area contributed by atoms with Crippen LogP contribution in [0, 0.1) is 12.7 Å². The molecule has 31 heavy (non-hydrogen) atoms. The Morgan fingerprint density at radius 2 is 2.19 bits per heavy atom. The minimum Gasteiger partial charge on any atom is -0.350 e. The van der Waals surface area contributed by atoms with Crippen LogP contribution in [0.25, 0.3) is 0 Å². The number of hydrogen-bond acceptors (Lipinski definition) is 6. The summed E-state index contributed by atoms with van der Waals surface area (Å²) >= 11 is 0. The van der Waals surface area contributed by atoms with E-state index in [-0.39, 0.29) is 30.0 Å². The van der Waals surface area contributed by atoms with Crippen LogP contribution >= 0.6 is 0 Å². The summed E-state index contributed by atoms with van der Waals surface area (Å²) in [5, 5.41) is 9.16. The number of benzene rings is 1. The lowest BCUT2D eigenvalue weighted by atomic mass is 10.0. The molecule has 3 atom stereocenters. The van der Waals surface area contributed by atoms with Crippen LogP contribution in [0.5, 0.6) is 0 Å². The van der Waals surface area contributed by atoms with Crippen molar-refractivity contribution in [2.75, 3.05) is 6.54 Å². The Bertz CT molecular complexity index is 1100. The molecule has 4 heterocycles. The van der Waals surface area contributed by atoms with Gasteiger partial charge >= 0.3 is 0 Å². The van der Waals surface area contributed by atoms with Gasteiger partial charge in [-0.3, -0.25) is 9.78 Å². The summed E-state index contributed by atoms with van der Waals surface area (Å²) in [4.78, 5) is 23.9. The van der Waals surface area contributed by atoms with E-state index < -0.39 is 0 Å². The van der Waals surface area contributed by atoms with E-state index in [9.17, 15) is 9.18 Å². The van der Waals surface area contributed by atoms with Crippen LogP contribution in [-0.2, 0) is 0 Å². The number of likely N-dealkylation sites (tertiary alicyclic amines) is 1. The lowest BCUT2D eigenvalue weighted by molar-refractivity contribution is 0.0935. The number of amides is 1. The van der Waals surface area contributed by atoms with Crippen LogP contribution in [-0.4, -0.2) is 51.6 Å². The topological polar surface area (TPSA) is 73.2 Å². The maximum atomic E-state index is 13.8. The molecule has 2 unspecified atom stereocenters. The summed E-state index contributed by atoms with van der Waals surface area (Å²) in [5.74, 6) is 0.427. The first kappa shape index (κ1) is 19.4. The standard InChI is InChI=1S/C23H23FN6O/c1-15-13-25-9-7-18(15)23(31)27-19-14-26-30-11-8-21(28-22(19)30)29-10-3-6-20(29)16-4-2-5-17(24)12-16/h2,4-5,7-9,11-14,19-20,22H,3,6,10H2,1H3,(H,27,31)/t19?,20-,22?/m1/s1. The van der Waals surface area contributed by atoms with Crippen LogP contribution < -0.4 is 5.32 Å². The average Bonchev–Trinajstić information content (AvgIpc) is 3.41. The van der Waals surface area contributed by atoms with Gasteiger partial charge in [-0.05, 0) is 55.2 Å². The summed E-state index contributed by atoms with van der Waals surface area (Å²) in [7, 11) is 0. The van der Waals surface area contributed by atoms with Crippen LogP contribution in [0.1, 0.15) is 40.4 Å². The third-order valence-electron chi connectivity index (χ3n) is 5.94. The van der Waals surface area contributed by atoms with Crippen molar-refractivity contribution in [2.45, 2.75) is 38.0 Å². The number of nitrogens with one attached hydrogen (secondary N) is 1. The third kappa shape index (κ3) is 3.69. The Balaban J connectivity index is 1.36. The fourth-order valence-corrected chi connectivity index (χ4v) is 4.39. The van der Waals surface area contributed by atoms with E-state index in [1.807, 2.05) is 25.3 Å². The fourth-order valence-electron chi connectivity index (χ4n) is 4.39. The zero-order valence-corrected chi connectivity index (χ0v) is 17.1. The van der Waals surface area contributed by atoms with Gasteiger partial charge in [-0.2, -0.15) is 5.10 Å². The van der Waals surface area contributed by atoms with Crippen LogP contribution in [0.2, 0.25) is 0 Å². The highest BCUT2D eigenvalue weighted by atomic mass is 19.1. The Kier molecular flexibility index (Phi) is 4.97. The van der Waals surface area contributed by atoms with E-state index in [0.717, 1.165) is 36.3 Å². The molecule has 1 aromatic carbocycles. The van der Waals surface area contributed by atoms with Crippen LogP contribution in [0.15, 0.2) is 65.1 Å². The number of halogens is 1. The summed E-state index contributed by atoms with van der Waals surface area (Å²) in [6, 6.07) is 8.21. The molecule has 1 fully saturated rings. The number of hydrogen-bond donors (Lipinski definition) is 1. The molecule has 7 nitrogen and oxygen atoms in total. The summed E-state index contributed by atoms with van der Waals surface area (Å²) in [6.07, 6.45) is 10.4. The molecule has 1 aromatic heterocycles. The minimum atomic E-state index is -0.352. The maximum Gasteiger partial charge on any atom is 0.252 e. The first-order valence-corrected chi connectivity index (χ1v) is 10.4. The van der Waals surface area contributed by atoms with Crippen molar-refractivity contribution >= 4 is 18.0 Å². The number of nitrogens with zero attached hydrogens (tertiary/aromatic N) is 5. The zero-order valence-electron chi connectivity index (χ0n) is 17.1. The van der Waals surface area contributed by atoms with E-state index in [1.54, 1.807) is 41.8 Å². The first-order chi connectivity index (χ1) is 15.1. The van der Waals surface area contributed by atoms with E-state index in [1.165, 1.54) is 6.07 Å². The molecule has 0 saturated carbocycles. The smallest absolute Gasteiger partial charge is 0.252 e. The molecule has 1 N–H and O–H groups in total. The Morgan fingerprint density at radius 1 is 1.29 bits per heavy atom. The van der Waals surface area contributed by atoms with Crippen molar-refractivity contribution in [1.29, 1.82) is 0 Å². The van der Waals surface area contributed by atoms with Gasteiger partial charge in [0.2, 0.25) is 0 Å².